The second-order valence-corrected chi connectivity index (χ2v) is 8.50. The number of anilines is 2. The number of nitrogens with zero attached hydrogens (tertiary/aromatic N) is 4. The molecule has 0 saturated carbocycles. The van der Waals surface area contributed by atoms with Crippen molar-refractivity contribution >= 4 is 23.2 Å². The third-order valence-corrected chi connectivity index (χ3v) is 6.29. The molecule has 1 aromatic heterocycles. The molecular weight excluding hydrogens is 437 g/mol. The quantitative estimate of drug-likeness (QED) is 0.630. The van der Waals surface area contributed by atoms with Crippen molar-refractivity contribution < 1.29 is 18.7 Å². The molecule has 1 N–H and O–H groups in total. The molecule has 2 aromatic carbocycles. The predicted molar refractivity (Wildman–Crippen MR) is 126 cm³/mol. The number of benzene rings is 2. The van der Waals surface area contributed by atoms with Gasteiger partial charge in [0.05, 0.1) is 42.0 Å². The average Bonchev–Trinajstić information content (AvgIpc) is 3.57. The van der Waals surface area contributed by atoms with Crippen LogP contribution >= 0.6 is 0 Å². The average molecular weight is 464 g/mol. The second kappa shape index (κ2) is 9.64. The van der Waals surface area contributed by atoms with E-state index in [1.54, 1.807) is 46.2 Å². The molecule has 3 heterocycles. The molecule has 0 spiro atoms. The number of halogens is 1. The van der Waals surface area contributed by atoms with Gasteiger partial charge in [0.25, 0.3) is 5.91 Å². The van der Waals surface area contributed by atoms with Crippen LogP contribution in [0, 0.1) is 11.7 Å². The number of aromatic nitrogens is 2. The van der Waals surface area contributed by atoms with Gasteiger partial charge in [0.1, 0.15) is 5.82 Å². The van der Waals surface area contributed by atoms with Crippen molar-refractivity contribution in [3.63, 3.8) is 0 Å². The SMILES string of the molecule is O=C(Nc1cnn(-c2ccc(C(=O)N3CCN(c4ccccc4F)CC3)cc2)c1)C1CCOC1. The van der Waals surface area contributed by atoms with E-state index < -0.39 is 0 Å². The van der Waals surface area contributed by atoms with E-state index in [2.05, 4.69) is 10.4 Å². The normalized spacial score (nSPS) is 18.2. The fraction of sp³-hybridized carbons (Fsp3) is 0.320. The van der Waals surface area contributed by atoms with Crippen LogP contribution < -0.4 is 10.2 Å². The molecule has 176 valence electrons. The van der Waals surface area contributed by atoms with Gasteiger partial charge < -0.3 is 19.9 Å². The monoisotopic (exact) mass is 463 g/mol. The first-order valence-corrected chi connectivity index (χ1v) is 11.4. The van der Waals surface area contributed by atoms with Gasteiger partial charge in [-0.3, -0.25) is 9.59 Å². The van der Waals surface area contributed by atoms with Gasteiger partial charge in [0, 0.05) is 38.3 Å². The van der Waals surface area contributed by atoms with E-state index in [0.717, 1.165) is 12.1 Å². The molecule has 0 aliphatic carbocycles. The Labute approximate surface area is 196 Å². The Kier molecular flexibility index (Phi) is 6.27. The number of rotatable bonds is 5. The molecule has 2 aliphatic heterocycles. The molecule has 0 bridgehead atoms. The first-order valence-electron chi connectivity index (χ1n) is 11.4. The molecule has 2 amide bonds. The number of para-hydroxylation sites is 1. The Bertz CT molecular complexity index is 1170. The van der Waals surface area contributed by atoms with Crippen LogP contribution in [0.5, 0.6) is 0 Å². The molecule has 2 aliphatic rings. The number of nitrogens with one attached hydrogen (secondary N) is 1. The lowest BCUT2D eigenvalue weighted by Crippen LogP contribution is -2.49. The van der Waals surface area contributed by atoms with Gasteiger partial charge in [0.15, 0.2) is 0 Å². The van der Waals surface area contributed by atoms with Gasteiger partial charge in [-0.05, 0) is 42.8 Å². The minimum absolute atomic E-state index is 0.0491. The third kappa shape index (κ3) is 4.65. The second-order valence-electron chi connectivity index (χ2n) is 8.50. The van der Waals surface area contributed by atoms with Crippen molar-refractivity contribution in [3.8, 4) is 5.69 Å². The number of hydrogen-bond donors (Lipinski definition) is 1. The highest BCUT2D eigenvalue weighted by molar-refractivity contribution is 5.94. The van der Waals surface area contributed by atoms with Crippen molar-refractivity contribution in [1.82, 2.24) is 14.7 Å². The number of piperazine rings is 1. The highest BCUT2D eigenvalue weighted by atomic mass is 19.1. The molecule has 1 atom stereocenters. The molecule has 34 heavy (non-hydrogen) atoms. The standard InChI is InChI=1S/C25H26FN5O3/c26-22-3-1-2-4-23(22)29-10-12-30(13-11-29)25(33)18-5-7-21(8-6-18)31-16-20(15-27-31)28-24(32)19-9-14-34-17-19/h1-8,15-16,19H,9-14,17H2,(H,28,32). The van der Waals surface area contributed by atoms with Gasteiger partial charge in [-0.1, -0.05) is 12.1 Å². The van der Waals surface area contributed by atoms with Crippen molar-refractivity contribution in [1.29, 1.82) is 0 Å². The number of amides is 2. The van der Waals surface area contributed by atoms with E-state index in [1.807, 2.05) is 23.1 Å². The lowest BCUT2D eigenvalue weighted by molar-refractivity contribution is -0.119. The molecule has 3 aromatic rings. The maximum absolute atomic E-state index is 14.1. The molecule has 8 nitrogen and oxygen atoms in total. The summed E-state index contributed by atoms with van der Waals surface area (Å²) in [5.74, 6) is -0.478. The summed E-state index contributed by atoms with van der Waals surface area (Å²) in [6.07, 6.45) is 4.07. The van der Waals surface area contributed by atoms with Gasteiger partial charge in [-0.15, -0.1) is 0 Å². The summed E-state index contributed by atoms with van der Waals surface area (Å²) in [5, 5.41) is 7.19. The summed E-state index contributed by atoms with van der Waals surface area (Å²) in [6.45, 7) is 3.29. The number of carbonyl (C=O) groups is 2. The lowest BCUT2D eigenvalue weighted by Gasteiger charge is -2.36. The molecule has 2 fully saturated rings. The molecular formula is C25H26FN5O3. The van der Waals surface area contributed by atoms with E-state index in [-0.39, 0.29) is 23.5 Å². The minimum atomic E-state index is -0.244. The summed E-state index contributed by atoms with van der Waals surface area (Å²) in [6, 6.07) is 13.9. The Morgan fingerprint density at radius 2 is 1.79 bits per heavy atom. The lowest BCUT2D eigenvalue weighted by atomic mass is 10.1. The fourth-order valence-corrected chi connectivity index (χ4v) is 4.31. The Hall–Kier alpha value is -3.72. The zero-order valence-corrected chi connectivity index (χ0v) is 18.7. The molecule has 2 saturated heterocycles. The van der Waals surface area contributed by atoms with Crippen molar-refractivity contribution in [2.24, 2.45) is 5.92 Å². The van der Waals surface area contributed by atoms with Crippen LogP contribution in [0.3, 0.4) is 0 Å². The largest absolute Gasteiger partial charge is 0.381 e. The Balaban J connectivity index is 1.18. The van der Waals surface area contributed by atoms with Crippen LogP contribution in [0.25, 0.3) is 5.69 Å². The van der Waals surface area contributed by atoms with Crippen LogP contribution in [0.4, 0.5) is 15.8 Å². The Morgan fingerprint density at radius 3 is 2.50 bits per heavy atom. The number of carbonyl (C=O) groups excluding carboxylic acids is 2. The van der Waals surface area contributed by atoms with E-state index in [4.69, 9.17) is 4.74 Å². The molecule has 0 radical (unpaired) electrons. The maximum Gasteiger partial charge on any atom is 0.253 e. The van der Waals surface area contributed by atoms with Gasteiger partial charge in [-0.2, -0.15) is 5.10 Å². The van der Waals surface area contributed by atoms with Gasteiger partial charge >= 0.3 is 0 Å². The highest BCUT2D eigenvalue weighted by Gasteiger charge is 2.25. The molecule has 9 heteroatoms. The summed E-state index contributed by atoms with van der Waals surface area (Å²) in [5.41, 5.74) is 2.56. The van der Waals surface area contributed by atoms with Crippen LogP contribution in [0.15, 0.2) is 60.9 Å². The molecule has 5 rings (SSSR count). The van der Waals surface area contributed by atoms with Crippen molar-refractivity contribution in [2.75, 3.05) is 49.6 Å². The smallest absolute Gasteiger partial charge is 0.253 e. The highest BCUT2D eigenvalue weighted by Crippen LogP contribution is 2.21. The first-order chi connectivity index (χ1) is 16.6. The van der Waals surface area contributed by atoms with Gasteiger partial charge in [0.2, 0.25) is 5.91 Å². The van der Waals surface area contributed by atoms with Crippen LogP contribution in [-0.2, 0) is 9.53 Å². The summed E-state index contributed by atoms with van der Waals surface area (Å²) >= 11 is 0. The third-order valence-electron chi connectivity index (χ3n) is 6.29. The van der Waals surface area contributed by atoms with Crippen LogP contribution in [0.2, 0.25) is 0 Å². The van der Waals surface area contributed by atoms with E-state index in [9.17, 15) is 14.0 Å². The van der Waals surface area contributed by atoms with E-state index >= 15 is 0 Å². The fourth-order valence-electron chi connectivity index (χ4n) is 4.31. The van der Waals surface area contributed by atoms with E-state index in [0.29, 0.717) is 56.3 Å². The zero-order chi connectivity index (χ0) is 23.5. The zero-order valence-electron chi connectivity index (χ0n) is 18.7. The summed E-state index contributed by atoms with van der Waals surface area (Å²) < 4.78 is 21.0. The summed E-state index contributed by atoms with van der Waals surface area (Å²) in [4.78, 5) is 29.0. The maximum atomic E-state index is 14.1. The van der Waals surface area contributed by atoms with Crippen LogP contribution in [-0.4, -0.2) is 65.9 Å². The van der Waals surface area contributed by atoms with Gasteiger partial charge in [-0.25, -0.2) is 9.07 Å². The summed E-state index contributed by atoms with van der Waals surface area (Å²) in [7, 11) is 0. The minimum Gasteiger partial charge on any atom is -0.381 e. The van der Waals surface area contributed by atoms with Crippen molar-refractivity contribution in [2.45, 2.75) is 6.42 Å². The van der Waals surface area contributed by atoms with E-state index in [1.165, 1.54) is 6.07 Å². The first kappa shape index (κ1) is 22.1. The number of ether oxygens (including phenoxy) is 1. The molecule has 1 unspecified atom stereocenters. The Morgan fingerprint density at radius 1 is 1.03 bits per heavy atom. The van der Waals surface area contributed by atoms with Crippen LogP contribution in [0.1, 0.15) is 16.8 Å². The topological polar surface area (TPSA) is 79.7 Å². The number of hydrogen-bond acceptors (Lipinski definition) is 5. The predicted octanol–water partition coefficient (Wildman–Crippen LogP) is 2.95. The van der Waals surface area contributed by atoms with Crippen molar-refractivity contribution in [3.05, 3.63) is 72.3 Å².